The summed E-state index contributed by atoms with van der Waals surface area (Å²) < 4.78 is 1.96. The Hall–Kier alpha value is -3.61. The number of aromatic nitrogens is 4. The maximum atomic E-state index is 4.62. The van der Waals surface area contributed by atoms with Crippen LogP contribution in [0.1, 0.15) is 59.4 Å². The Morgan fingerprint density at radius 3 is 2.11 bits per heavy atom. The van der Waals surface area contributed by atoms with Gasteiger partial charge in [-0.1, -0.05) is 98.8 Å². The molecule has 1 aromatic heterocycles. The second-order valence-corrected chi connectivity index (χ2v) is 10.6. The fraction of sp³-hybridized carbons (Fsp3) is 0.344. The van der Waals surface area contributed by atoms with Gasteiger partial charge in [-0.25, -0.2) is 0 Å². The van der Waals surface area contributed by atoms with Gasteiger partial charge in [0.2, 0.25) is 0 Å². The Labute approximate surface area is 226 Å². The maximum absolute atomic E-state index is 4.62. The summed E-state index contributed by atoms with van der Waals surface area (Å²) in [7, 11) is 0. The van der Waals surface area contributed by atoms with E-state index < -0.39 is 0 Å². The van der Waals surface area contributed by atoms with Crippen LogP contribution in [-0.2, 0) is 0 Å². The van der Waals surface area contributed by atoms with Crippen LogP contribution in [0.5, 0.6) is 0 Å². The predicted octanol–water partition coefficient (Wildman–Crippen LogP) is 5.82. The molecule has 6 heteroatoms. The number of piperazine rings is 1. The lowest BCUT2D eigenvalue weighted by Crippen LogP contribution is -2.48. The first-order valence-corrected chi connectivity index (χ1v) is 13.6. The third-order valence-electron chi connectivity index (χ3n) is 7.55. The van der Waals surface area contributed by atoms with Crippen molar-refractivity contribution in [2.75, 3.05) is 32.7 Å². The van der Waals surface area contributed by atoms with E-state index in [-0.39, 0.29) is 6.04 Å². The SMILES string of the molecule is Cc1cccc(C)c1-n1nnnc1[C@H](c1ccc(C(C)C)cc1)N1CCN(CC=Cc2ccccc2)CC1. The second kappa shape index (κ2) is 11.8. The Balaban J connectivity index is 1.40. The molecule has 0 aliphatic carbocycles. The molecule has 0 saturated carbocycles. The fourth-order valence-electron chi connectivity index (χ4n) is 5.36. The smallest absolute Gasteiger partial charge is 0.178 e. The highest BCUT2D eigenvalue weighted by atomic mass is 15.6. The van der Waals surface area contributed by atoms with Gasteiger partial charge < -0.3 is 0 Å². The summed E-state index contributed by atoms with van der Waals surface area (Å²) in [5.41, 5.74) is 7.23. The summed E-state index contributed by atoms with van der Waals surface area (Å²) in [5, 5.41) is 13.3. The molecule has 3 aromatic carbocycles. The normalized spacial score (nSPS) is 15.9. The highest BCUT2D eigenvalue weighted by Crippen LogP contribution is 2.31. The average molecular weight is 507 g/mol. The van der Waals surface area contributed by atoms with Crippen molar-refractivity contribution >= 4 is 6.08 Å². The van der Waals surface area contributed by atoms with Crippen LogP contribution >= 0.6 is 0 Å². The number of nitrogens with zero attached hydrogens (tertiary/aromatic N) is 6. The van der Waals surface area contributed by atoms with Gasteiger partial charge in [0.1, 0.15) is 0 Å². The van der Waals surface area contributed by atoms with E-state index in [0.717, 1.165) is 44.2 Å². The standard InChI is InChI=1S/C32H38N6/c1-24(2)28-15-17-29(18-16-28)31(32-33-34-35-38(32)30-25(3)10-8-11-26(30)4)37-22-20-36(21-23-37)19-9-14-27-12-6-5-7-13-27/h5-18,24,31H,19-23H2,1-4H3/t31-/m0/s1. The van der Waals surface area contributed by atoms with Crippen LogP contribution in [0.2, 0.25) is 0 Å². The van der Waals surface area contributed by atoms with Gasteiger partial charge in [0.15, 0.2) is 5.82 Å². The minimum absolute atomic E-state index is 0.0211. The van der Waals surface area contributed by atoms with E-state index in [1.807, 2.05) is 4.68 Å². The van der Waals surface area contributed by atoms with Crippen molar-refractivity contribution in [3.63, 3.8) is 0 Å². The predicted molar refractivity (Wildman–Crippen MR) is 154 cm³/mol. The monoisotopic (exact) mass is 506 g/mol. The molecule has 0 spiro atoms. The molecule has 2 heterocycles. The third kappa shape index (κ3) is 5.77. The molecule has 5 rings (SSSR count). The lowest BCUT2D eigenvalue weighted by Gasteiger charge is -2.38. The molecule has 1 aliphatic heterocycles. The zero-order valence-electron chi connectivity index (χ0n) is 23.0. The maximum Gasteiger partial charge on any atom is 0.178 e. The van der Waals surface area contributed by atoms with Crippen LogP contribution in [0.4, 0.5) is 0 Å². The van der Waals surface area contributed by atoms with E-state index in [0.29, 0.717) is 5.92 Å². The molecule has 0 bridgehead atoms. The molecule has 196 valence electrons. The Kier molecular flexibility index (Phi) is 8.11. The van der Waals surface area contributed by atoms with Crippen LogP contribution in [0.15, 0.2) is 78.9 Å². The second-order valence-electron chi connectivity index (χ2n) is 10.6. The topological polar surface area (TPSA) is 50.1 Å². The number of tetrazole rings is 1. The van der Waals surface area contributed by atoms with Crippen molar-refractivity contribution in [2.45, 2.75) is 39.7 Å². The first-order chi connectivity index (χ1) is 18.5. The van der Waals surface area contributed by atoms with Gasteiger partial charge in [0.25, 0.3) is 0 Å². The van der Waals surface area contributed by atoms with E-state index in [4.69, 9.17) is 0 Å². The van der Waals surface area contributed by atoms with Gasteiger partial charge >= 0.3 is 0 Å². The molecule has 0 N–H and O–H groups in total. The molecular weight excluding hydrogens is 468 g/mol. The van der Waals surface area contributed by atoms with Gasteiger partial charge in [0.05, 0.1) is 11.7 Å². The van der Waals surface area contributed by atoms with E-state index >= 15 is 0 Å². The molecule has 1 atom stereocenters. The van der Waals surface area contributed by atoms with Gasteiger partial charge in [-0.2, -0.15) is 4.68 Å². The number of benzene rings is 3. The van der Waals surface area contributed by atoms with Crippen LogP contribution in [0.25, 0.3) is 11.8 Å². The molecule has 0 amide bonds. The summed E-state index contributed by atoms with van der Waals surface area (Å²) in [4.78, 5) is 5.06. The molecule has 6 nitrogen and oxygen atoms in total. The van der Waals surface area contributed by atoms with E-state index in [2.05, 4.69) is 138 Å². The Morgan fingerprint density at radius 1 is 0.789 bits per heavy atom. The lowest BCUT2D eigenvalue weighted by molar-refractivity contribution is 0.113. The quantitative estimate of drug-likeness (QED) is 0.301. The van der Waals surface area contributed by atoms with Crippen molar-refractivity contribution in [3.8, 4) is 5.69 Å². The molecule has 1 saturated heterocycles. The van der Waals surface area contributed by atoms with Crippen molar-refractivity contribution < 1.29 is 0 Å². The van der Waals surface area contributed by atoms with Gasteiger partial charge in [-0.05, 0) is 58.0 Å². The lowest BCUT2D eigenvalue weighted by atomic mass is 9.97. The Morgan fingerprint density at radius 2 is 1.45 bits per heavy atom. The molecule has 1 aliphatic rings. The third-order valence-corrected chi connectivity index (χ3v) is 7.55. The number of aryl methyl sites for hydroxylation is 2. The molecule has 0 radical (unpaired) electrons. The average Bonchev–Trinajstić information content (AvgIpc) is 3.39. The van der Waals surface area contributed by atoms with Crippen molar-refractivity contribution in [1.82, 2.24) is 30.0 Å². The summed E-state index contributed by atoms with van der Waals surface area (Å²) in [6.45, 7) is 13.6. The van der Waals surface area contributed by atoms with E-state index in [9.17, 15) is 0 Å². The van der Waals surface area contributed by atoms with Crippen LogP contribution in [-0.4, -0.2) is 62.7 Å². The Bertz CT molecular complexity index is 1330. The van der Waals surface area contributed by atoms with Crippen molar-refractivity contribution in [3.05, 3.63) is 113 Å². The van der Waals surface area contributed by atoms with Crippen molar-refractivity contribution in [1.29, 1.82) is 0 Å². The number of hydrogen-bond acceptors (Lipinski definition) is 5. The van der Waals surface area contributed by atoms with Gasteiger partial charge in [-0.3, -0.25) is 9.80 Å². The van der Waals surface area contributed by atoms with Gasteiger partial charge in [0, 0.05) is 32.7 Å². The van der Waals surface area contributed by atoms with Crippen LogP contribution < -0.4 is 0 Å². The first kappa shape index (κ1) is 26.0. The number of rotatable bonds is 8. The summed E-state index contributed by atoms with van der Waals surface area (Å²) in [6, 6.07) is 25.9. The van der Waals surface area contributed by atoms with Gasteiger partial charge in [-0.15, -0.1) is 5.10 Å². The summed E-state index contributed by atoms with van der Waals surface area (Å²) >= 11 is 0. The zero-order valence-corrected chi connectivity index (χ0v) is 23.0. The first-order valence-electron chi connectivity index (χ1n) is 13.6. The highest BCUT2D eigenvalue weighted by molar-refractivity contribution is 5.49. The highest BCUT2D eigenvalue weighted by Gasteiger charge is 2.31. The zero-order chi connectivity index (χ0) is 26.5. The van der Waals surface area contributed by atoms with Crippen LogP contribution in [0, 0.1) is 13.8 Å². The minimum Gasteiger partial charge on any atom is -0.297 e. The van der Waals surface area contributed by atoms with E-state index in [1.165, 1.54) is 27.8 Å². The van der Waals surface area contributed by atoms with Crippen molar-refractivity contribution in [2.24, 2.45) is 0 Å². The molecule has 4 aromatic rings. The summed E-state index contributed by atoms with van der Waals surface area (Å²) in [6.07, 6.45) is 4.48. The number of para-hydroxylation sites is 1. The molecular formula is C32H38N6. The molecule has 0 unspecified atom stereocenters. The van der Waals surface area contributed by atoms with E-state index in [1.54, 1.807) is 0 Å². The largest absolute Gasteiger partial charge is 0.297 e. The minimum atomic E-state index is -0.0211. The molecule has 38 heavy (non-hydrogen) atoms. The van der Waals surface area contributed by atoms with Crippen LogP contribution in [0.3, 0.4) is 0 Å². The molecule has 1 fully saturated rings. The fourth-order valence-corrected chi connectivity index (χ4v) is 5.36. The number of hydrogen-bond donors (Lipinski definition) is 0. The summed E-state index contributed by atoms with van der Waals surface area (Å²) in [5.74, 6) is 1.37.